The molecule has 10 nitrogen and oxygen atoms in total. The number of nitrogens with one attached hydrogen (secondary N) is 1. The van der Waals surface area contributed by atoms with Crippen molar-refractivity contribution in [3.05, 3.63) is 12.2 Å². The van der Waals surface area contributed by atoms with Gasteiger partial charge in [-0.05, 0) is 0 Å². The van der Waals surface area contributed by atoms with Crippen molar-refractivity contribution in [2.75, 3.05) is 12.3 Å². The lowest BCUT2D eigenvalue weighted by Gasteiger charge is -2.25. The molecule has 0 aromatic carbocycles. The van der Waals surface area contributed by atoms with Crippen molar-refractivity contribution >= 4 is 17.0 Å². The largest absolute Gasteiger partial charge is 0.394 e. The highest BCUT2D eigenvalue weighted by atomic mass is 16.6. The molecule has 0 unspecified atom stereocenters. The first-order valence-corrected chi connectivity index (χ1v) is 5.87. The minimum absolute atomic E-state index is 0.0119. The van der Waals surface area contributed by atoms with Crippen LogP contribution in [0.5, 0.6) is 0 Å². The normalized spacial score (nSPS) is 33.9. The summed E-state index contributed by atoms with van der Waals surface area (Å²) >= 11 is 0. The summed E-state index contributed by atoms with van der Waals surface area (Å²) in [6.07, 6.45) is -2.33. The fourth-order valence-corrected chi connectivity index (χ4v) is 2.21. The molecule has 1 saturated heterocycles. The van der Waals surface area contributed by atoms with Gasteiger partial charge in [0, 0.05) is 0 Å². The van der Waals surface area contributed by atoms with Crippen molar-refractivity contribution < 1.29 is 20.1 Å². The number of anilines is 1. The minimum Gasteiger partial charge on any atom is -0.394 e. The number of nitrogens with two attached hydrogens (primary N) is 2. The lowest BCUT2D eigenvalue weighted by Crippen LogP contribution is -2.53. The summed E-state index contributed by atoms with van der Waals surface area (Å²) in [6.45, 7) is -0.503. The number of rotatable bonds is 2. The monoisotopic (exact) mass is 282 g/mol. The first-order valence-electron chi connectivity index (χ1n) is 5.87. The zero-order valence-corrected chi connectivity index (χ0v) is 10.3. The fourth-order valence-electron chi connectivity index (χ4n) is 2.21. The van der Waals surface area contributed by atoms with Gasteiger partial charge in [-0.25, -0.2) is 15.0 Å². The lowest BCUT2D eigenvalue weighted by molar-refractivity contribution is -0.0770. The van der Waals surface area contributed by atoms with E-state index in [0.717, 1.165) is 0 Å². The highest BCUT2D eigenvalue weighted by Gasteiger charge is 2.54. The molecule has 0 amide bonds. The maximum atomic E-state index is 10.1. The standard InChI is InChI=1S/C10H14N6O4/c11-7-4-8(14-2-13-4)16-9(15-7)6-10(12,19)5(18)3(1-17)20-6/h2-3,5-6,17-19H,1,12H2,(H3,11,13,14,15,16)/t3-,5-,6+,10-/m1/s1. The van der Waals surface area contributed by atoms with Crippen LogP contribution in [0.1, 0.15) is 11.9 Å². The van der Waals surface area contributed by atoms with Gasteiger partial charge >= 0.3 is 0 Å². The van der Waals surface area contributed by atoms with Crippen molar-refractivity contribution in [1.29, 1.82) is 0 Å². The van der Waals surface area contributed by atoms with E-state index in [4.69, 9.17) is 21.3 Å². The summed E-state index contributed by atoms with van der Waals surface area (Å²) in [6, 6.07) is 0. The molecule has 20 heavy (non-hydrogen) atoms. The molecule has 0 radical (unpaired) electrons. The van der Waals surface area contributed by atoms with Gasteiger partial charge in [0.2, 0.25) is 0 Å². The molecule has 2 aromatic heterocycles. The molecular formula is C10H14N6O4. The van der Waals surface area contributed by atoms with Crippen LogP contribution in [0.25, 0.3) is 11.2 Å². The number of nitrogen functional groups attached to an aromatic ring is 1. The number of hydrogen-bond acceptors (Lipinski definition) is 9. The number of hydrogen-bond donors (Lipinski definition) is 6. The Labute approximate surface area is 112 Å². The predicted octanol–water partition coefficient (Wildman–Crippen LogP) is -2.62. The highest BCUT2D eigenvalue weighted by molar-refractivity contribution is 5.80. The van der Waals surface area contributed by atoms with Gasteiger partial charge in [0.1, 0.15) is 17.7 Å². The number of aromatic nitrogens is 4. The summed E-state index contributed by atoms with van der Waals surface area (Å²) in [5.41, 5.74) is 10.0. The maximum absolute atomic E-state index is 10.1. The van der Waals surface area contributed by atoms with Gasteiger partial charge in [-0.3, -0.25) is 5.73 Å². The average molecular weight is 282 g/mol. The van der Waals surface area contributed by atoms with Gasteiger partial charge in [0.25, 0.3) is 0 Å². The van der Waals surface area contributed by atoms with Gasteiger partial charge in [0.15, 0.2) is 29.1 Å². The molecule has 0 saturated carbocycles. The summed E-state index contributed by atoms with van der Waals surface area (Å²) in [5, 5.41) is 29.0. The fraction of sp³-hybridized carbons (Fsp3) is 0.500. The Bertz CT molecular complexity index is 644. The van der Waals surface area contributed by atoms with Crippen molar-refractivity contribution in [2.45, 2.75) is 24.0 Å². The molecule has 1 aliphatic heterocycles. The second-order valence-corrected chi connectivity index (χ2v) is 4.64. The van der Waals surface area contributed by atoms with E-state index >= 15 is 0 Å². The second-order valence-electron chi connectivity index (χ2n) is 4.64. The molecule has 2 aromatic rings. The summed E-state index contributed by atoms with van der Waals surface area (Å²) in [5.74, 6) is 0.103. The molecule has 3 heterocycles. The predicted molar refractivity (Wildman–Crippen MR) is 65.9 cm³/mol. The minimum atomic E-state index is -2.14. The number of aliphatic hydroxyl groups excluding tert-OH is 2. The maximum Gasteiger partial charge on any atom is 0.183 e. The number of imidazole rings is 1. The lowest BCUT2D eigenvalue weighted by atomic mass is 10.0. The molecule has 1 fully saturated rings. The van der Waals surface area contributed by atoms with E-state index in [1.54, 1.807) is 0 Å². The van der Waals surface area contributed by atoms with E-state index < -0.39 is 30.6 Å². The first kappa shape index (κ1) is 13.1. The van der Waals surface area contributed by atoms with Crippen LogP contribution in [-0.2, 0) is 4.74 Å². The summed E-state index contributed by atoms with van der Waals surface area (Å²) < 4.78 is 5.31. The molecule has 8 N–H and O–H groups in total. The first-order chi connectivity index (χ1) is 9.45. The third kappa shape index (κ3) is 1.74. The van der Waals surface area contributed by atoms with Crippen molar-refractivity contribution in [1.82, 2.24) is 19.9 Å². The van der Waals surface area contributed by atoms with Gasteiger partial charge in [-0.15, -0.1) is 0 Å². The molecule has 3 rings (SSSR count). The van der Waals surface area contributed by atoms with Crippen molar-refractivity contribution in [2.24, 2.45) is 5.73 Å². The van der Waals surface area contributed by atoms with Crippen LogP contribution < -0.4 is 11.5 Å². The summed E-state index contributed by atoms with van der Waals surface area (Å²) in [7, 11) is 0. The van der Waals surface area contributed by atoms with E-state index in [1.165, 1.54) is 6.33 Å². The SMILES string of the molecule is Nc1nc([C@@H]2O[C@H](CO)[C@@H](O)[C@@]2(N)O)nc2nc[nH]c12. The van der Waals surface area contributed by atoms with Crippen molar-refractivity contribution in [3.8, 4) is 0 Å². The molecule has 0 spiro atoms. The topological polar surface area (TPSA) is 176 Å². The Morgan fingerprint density at radius 2 is 2.20 bits per heavy atom. The van der Waals surface area contributed by atoms with Gasteiger partial charge < -0.3 is 30.8 Å². The number of H-pyrrole nitrogens is 1. The molecule has 1 aliphatic rings. The second kappa shape index (κ2) is 4.33. The molecule has 0 aliphatic carbocycles. The molecular weight excluding hydrogens is 268 g/mol. The van der Waals surface area contributed by atoms with Gasteiger partial charge in [-0.2, -0.15) is 0 Å². The Morgan fingerprint density at radius 3 is 2.85 bits per heavy atom. The van der Waals surface area contributed by atoms with Crippen LogP contribution in [-0.4, -0.2) is 59.8 Å². The Balaban J connectivity index is 2.06. The molecule has 10 heteroatoms. The third-order valence-corrected chi connectivity index (χ3v) is 3.30. The van der Waals surface area contributed by atoms with E-state index in [-0.39, 0.29) is 17.3 Å². The van der Waals surface area contributed by atoms with E-state index in [2.05, 4.69) is 19.9 Å². The number of ether oxygens (including phenoxy) is 1. The highest BCUT2D eigenvalue weighted by Crippen LogP contribution is 2.37. The van der Waals surface area contributed by atoms with E-state index in [9.17, 15) is 10.2 Å². The summed E-state index contributed by atoms with van der Waals surface area (Å²) in [4.78, 5) is 14.8. The molecule has 4 atom stereocenters. The number of nitrogens with zero attached hydrogens (tertiary/aromatic N) is 3. The quantitative estimate of drug-likeness (QED) is 0.322. The van der Waals surface area contributed by atoms with Crippen LogP contribution in [0.15, 0.2) is 6.33 Å². The zero-order chi connectivity index (χ0) is 14.5. The number of aromatic amines is 1. The third-order valence-electron chi connectivity index (χ3n) is 3.30. The Morgan fingerprint density at radius 1 is 1.45 bits per heavy atom. The molecule has 108 valence electrons. The van der Waals surface area contributed by atoms with Gasteiger partial charge in [-0.1, -0.05) is 0 Å². The van der Waals surface area contributed by atoms with Crippen molar-refractivity contribution in [3.63, 3.8) is 0 Å². The molecule has 0 bridgehead atoms. The van der Waals surface area contributed by atoms with Crippen LogP contribution >= 0.6 is 0 Å². The smallest absolute Gasteiger partial charge is 0.183 e. The van der Waals surface area contributed by atoms with Crippen LogP contribution in [0.3, 0.4) is 0 Å². The number of aliphatic hydroxyl groups is 3. The Kier molecular flexibility index (Phi) is 2.84. The van der Waals surface area contributed by atoms with Crippen LogP contribution in [0.4, 0.5) is 5.82 Å². The number of fused-ring (bicyclic) bond motifs is 1. The van der Waals surface area contributed by atoms with Gasteiger partial charge in [0.05, 0.1) is 12.9 Å². The Hall–Kier alpha value is -1.85. The van der Waals surface area contributed by atoms with Crippen LogP contribution in [0.2, 0.25) is 0 Å². The average Bonchev–Trinajstić information content (AvgIpc) is 2.95. The zero-order valence-electron chi connectivity index (χ0n) is 10.3. The van der Waals surface area contributed by atoms with E-state index in [0.29, 0.717) is 5.52 Å². The van der Waals surface area contributed by atoms with E-state index in [1.807, 2.05) is 0 Å². The van der Waals surface area contributed by atoms with Crippen LogP contribution in [0, 0.1) is 0 Å².